The fraction of sp³-hybridized carbons (Fsp3) is 0.917. The minimum absolute atomic E-state index is 0.125. The molecular formula is C24H34O3. The van der Waals surface area contributed by atoms with Crippen molar-refractivity contribution in [2.75, 3.05) is 0 Å². The Morgan fingerprint density at radius 1 is 0.593 bits per heavy atom. The summed E-state index contributed by atoms with van der Waals surface area (Å²) in [7, 11) is 0. The number of hydrogen-bond acceptors (Lipinski definition) is 3. The summed E-state index contributed by atoms with van der Waals surface area (Å²) < 4.78 is 7.30. The van der Waals surface area contributed by atoms with Gasteiger partial charge < -0.3 is 4.74 Å². The van der Waals surface area contributed by atoms with Crippen molar-refractivity contribution < 1.29 is 14.3 Å². The quantitative estimate of drug-likeness (QED) is 0.697. The number of Topliss-reactive ketones (excluding diaryl/α,β-unsaturated/α-hetero) is 2. The normalized spacial score (nSPS) is 63.3. The number of ketones is 2. The molecule has 0 aromatic carbocycles. The molecule has 0 aromatic heterocycles. The van der Waals surface area contributed by atoms with Crippen LogP contribution in [0.15, 0.2) is 0 Å². The van der Waals surface area contributed by atoms with Gasteiger partial charge in [-0.05, 0) is 76.0 Å². The van der Waals surface area contributed by atoms with E-state index in [1.54, 1.807) is 0 Å². The molecule has 0 amide bonds. The molecule has 0 aromatic rings. The summed E-state index contributed by atoms with van der Waals surface area (Å²) >= 11 is 0. The summed E-state index contributed by atoms with van der Waals surface area (Å²) in [4.78, 5) is 26.3. The van der Waals surface area contributed by atoms with E-state index in [-0.39, 0.29) is 32.9 Å². The minimum Gasteiger partial charge on any atom is -0.368 e. The number of hydrogen-bond donors (Lipinski definition) is 0. The van der Waals surface area contributed by atoms with Crippen molar-refractivity contribution in [1.82, 2.24) is 0 Å². The second kappa shape index (κ2) is 4.40. The maximum absolute atomic E-state index is 13.2. The van der Waals surface area contributed by atoms with Crippen molar-refractivity contribution in [3.05, 3.63) is 0 Å². The van der Waals surface area contributed by atoms with E-state index in [1.165, 1.54) is 0 Å². The largest absolute Gasteiger partial charge is 0.368 e. The van der Waals surface area contributed by atoms with E-state index < -0.39 is 0 Å². The van der Waals surface area contributed by atoms with Crippen LogP contribution in [0.25, 0.3) is 0 Å². The third-order valence-corrected chi connectivity index (χ3v) is 9.75. The molecule has 8 aliphatic carbocycles. The Bertz CT molecular complexity index is 672. The lowest BCUT2D eigenvalue weighted by atomic mass is 9.41. The van der Waals surface area contributed by atoms with Crippen LogP contribution in [0.3, 0.4) is 0 Å². The number of rotatable bonds is 2. The van der Waals surface area contributed by atoms with Gasteiger partial charge in [-0.1, -0.05) is 27.7 Å². The highest BCUT2D eigenvalue weighted by Gasteiger charge is 2.71. The first-order chi connectivity index (χ1) is 12.4. The Morgan fingerprint density at radius 2 is 0.889 bits per heavy atom. The summed E-state index contributed by atoms with van der Waals surface area (Å²) in [6, 6.07) is 0. The van der Waals surface area contributed by atoms with Crippen molar-refractivity contribution in [2.24, 2.45) is 33.5 Å². The van der Waals surface area contributed by atoms with Gasteiger partial charge in [-0.3, -0.25) is 9.59 Å². The predicted molar refractivity (Wildman–Crippen MR) is 102 cm³/mol. The van der Waals surface area contributed by atoms with Gasteiger partial charge in [0.25, 0.3) is 0 Å². The molecule has 148 valence electrons. The van der Waals surface area contributed by atoms with Crippen molar-refractivity contribution in [3.8, 4) is 0 Å². The van der Waals surface area contributed by atoms with E-state index >= 15 is 0 Å². The molecule has 8 saturated carbocycles. The Labute approximate surface area is 163 Å². The maximum Gasteiger partial charge on any atom is 0.144 e. The lowest BCUT2D eigenvalue weighted by molar-refractivity contribution is -0.287. The average molecular weight is 371 g/mol. The molecule has 0 saturated heterocycles. The highest BCUT2D eigenvalue weighted by Crippen LogP contribution is 2.70. The van der Waals surface area contributed by atoms with Gasteiger partial charge in [0, 0.05) is 21.7 Å². The van der Waals surface area contributed by atoms with Crippen LogP contribution in [0.2, 0.25) is 0 Å². The zero-order valence-corrected chi connectivity index (χ0v) is 17.5. The van der Waals surface area contributed by atoms with E-state index in [9.17, 15) is 9.59 Å². The zero-order chi connectivity index (χ0) is 19.1. The van der Waals surface area contributed by atoms with Crippen molar-refractivity contribution in [3.63, 3.8) is 0 Å². The Balaban J connectivity index is 1.39. The van der Waals surface area contributed by atoms with Gasteiger partial charge in [-0.15, -0.1) is 0 Å². The second-order valence-electron chi connectivity index (χ2n) is 13.0. The summed E-state index contributed by atoms with van der Waals surface area (Å²) in [6.45, 7) is 8.84. The lowest BCUT2D eigenvalue weighted by Crippen LogP contribution is -2.70. The standard InChI is InChI=1S/C24H34O3/c1-19-5-15-6-20(2,17(19)25)12-23(9-15,11-19)27-24-10-16-7-21(3,13-24)18(26)22(4,8-16)14-24/h15-16H,5-14H2,1-4H3. The molecule has 4 atom stereocenters. The van der Waals surface area contributed by atoms with Crippen LogP contribution in [0, 0.1) is 33.5 Å². The molecule has 4 unspecified atom stereocenters. The highest BCUT2D eigenvalue weighted by molar-refractivity contribution is 5.93. The van der Waals surface area contributed by atoms with Crippen molar-refractivity contribution in [1.29, 1.82) is 0 Å². The van der Waals surface area contributed by atoms with Gasteiger partial charge in [-0.25, -0.2) is 0 Å². The van der Waals surface area contributed by atoms with E-state index in [2.05, 4.69) is 27.7 Å². The van der Waals surface area contributed by atoms with Gasteiger partial charge in [0.15, 0.2) is 0 Å². The second-order valence-corrected chi connectivity index (χ2v) is 13.0. The molecule has 3 nitrogen and oxygen atoms in total. The molecule has 0 aliphatic heterocycles. The Morgan fingerprint density at radius 3 is 1.19 bits per heavy atom. The van der Waals surface area contributed by atoms with E-state index in [4.69, 9.17) is 4.74 Å². The fourth-order valence-electron chi connectivity index (χ4n) is 10.4. The topological polar surface area (TPSA) is 43.4 Å². The fourth-order valence-corrected chi connectivity index (χ4v) is 10.4. The van der Waals surface area contributed by atoms with Crippen LogP contribution in [0.1, 0.15) is 91.9 Å². The van der Waals surface area contributed by atoms with Crippen LogP contribution in [0.4, 0.5) is 0 Å². The Hall–Kier alpha value is -0.700. The third kappa shape index (κ3) is 1.98. The van der Waals surface area contributed by atoms with Crippen LogP contribution in [-0.2, 0) is 14.3 Å². The molecule has 0 heterocycles. The number of ether oxygens (including phenoxy) is 1. The first kappa shape index (κ1) is 17.2. The molecule has 3 heteroatoms. The van der Waals surface area contributed by atoms with Crippen LogP contribution >= 0.6 is 0 Å². The van der Waals surface area contributed by atoms with Crippen LogP contribution in [-0.4, -0.2) is 22.8 Å². The molecule has 0 radical (unpaired) electrons. The van der Waals surface area contributed by atoms with Gasteiger partial charge in [0.1, 0.15) is 11.6 Å². The van der Waals surface area contributed by atoms with E-state index in [0.29, 0.717) is 23.4 Å². The summed E-state index contributed by atoms with van der Waals surface area (Å²) in [5.41, 5.74) is -0.972. The summed E-state index contributed by atoms with van der Waals surface area (Å²) in [5, 5.41) is 0. The third-order valence-electron chi connectivity index (χ3n) is 9.75. The molecule has 27 heavy (non-hydrogen) atoms. The first-order valence-corrected chi connectivity index (χ1v) is 11.2. The summed E-state index contributed by atoms with van der Waals surface area (Å²) in [6.07, 6.45) is 10.2. The van der Waals surface area contributed by atoms with Gasteiger partial charge in [-0.2, -0.15) is 0 Å². The van der Waals surface area contributed by atoms with Crippen LogP contribution < -0.4 is 0 Å². The first-order valence-electron chi connectivity index (χ1n) is 11.2. The molecule has 0 N–H and O–H groups in total. The van der Waals surface area contributed by atoms with Crippen molar-refractivity contribution >= 4 is 11.6 Å². The highest BCUT2D eigenvalue weighted by atomic mass is 16.5. The SMILES string of the molecule is CC12CC3CC(OC45CC6CC(C)(C4)C(=O)C(C)(C6)C5)(C1)CC(C)(C3)C2=O. The predicted octanol–water partition coefficient (Wildman–Crippen LogP) is 4.86. The number of carbonyl (C=O) groups excluding carboxylic acids is 2. The molecule has 8 rings (SSSR count). The monoisotopic (exact) mass is 370 g/mol. The average Bonchev–Trinajstić information content (AvgIpc) is 2.46. The molecule has 0 spiro atoms. The smallest absolute Gasteiger partial charge is 0.144 e. The molecular weight excluding hydrogens is 336 g/mol. The van der Waals surface area contributed by atoms with Gasteiger partial charge >= 0.3 is 0 Å². The van der Waals surface area contributed by atoms with Gasteiger partial charge in [0.2, 0.25) is 0 Å². The molecule has 8 fully saturated rings. The van der Waals surface area contributed by atoms with Crippen molar-refractivity contribution in [2.45, 2.75) is 103 Å². The summed E-state index contributed by atoms with van der Waals surface area (Å²) in [5.74, 6) is 2.29. The number of carbonyl (C=O) groups is 2. The minimum atomic E-state index is -0.180. The maximum atomic E-state index is 13.2. The van der Waals surface area contributed by atoms with Gasteiger partial charge in [0.05, 0.1) is 11.2 Å². The van der Waals surface area contributed by atoms with E-state index in [1.807, 2.05) is 0 Å². The lowest BCUT2D eigenvalue weighted by Gasteiger charge is -2.69. The Kier molecular flexibility index (Phi) is 2.80. The molecule has 8 aliphatic rings. The zero-order valence-electron chi connectivity index (χ0n) is 17.5. The molecule has 8 bridgehead atoms. The van der Waals surface area contributed by atoms with E-state index in [0.717, 1.165) is 64.2 Å². The van der Waals surface area contributed by atoms with Crippen LogP contribution in [0.5, 0.6) is 0 Å².